The van der Waals surface area contributed by atoms with Gasteiger partial charge < -0.3 is 14.4 Å². The highest BCUT2D eigenvalue weighted by Crippen LogP contribution is 2.24. The number of benzene rings is 2. The van der Waals surface area contributed by atoms with Crippen LogP contribution < -0.4 is 9.47 Å². The van der Waals surface area contributed by atoms with Gasteiger partial charge in [-0.2, -0.15) is 4.68 Å². The summed E-state index contributed by atoms with van der Waals surface area (Å²) in [6.45, 7) is 10.1. The predicted octanol–water partition coefficient (Wildman–Crippen LogP) is 7.77. The molecule has 0 saturated heterocycles. The van der Waals surface area contributed by atoms with Crippen molar-refractivity contribution >= 4 is 46.3 Å². The molecule has 13 nitrogen and oxygen atoms in total. The molecule has 0 unspecified atom stereocenters. The Bertz CT molecular complexity index is 2010. The summed E-state index contributed by atoms with van der Waals surface area (Å²) in [5, 5.41) is 12.0. The standard InChI is InChI=1S/C16H14N4O2S.C8H7ClO2.C8H8N4S.C6H15N/c1-22-13-8-4-3-7-12(13)15(21)20-16(23-2)18-14(19-20)11-6-5-9-17-10-11;1-11-7-5-3-2-4-6(7)8(9)10;1-13-8-10-7(11-12-8)6-3-2-4-9-5-6;1-4-7(5-2)6-3/h3-10H,1-2H3;2-5H,1H3;2-5H,1H3,(H,10,11,12);4-6H2,1-3H3. The van der Waals surface area contributed by atoms with Gasteiger partial charge >= 0.3 is 0 Å². The zero-order chi connectivity index (χ0) is 39.3. The van der Waals surface area contributed by atoms with Crippen LogP contribution in [0, 0.1) is 0 Å². The number of aromatic nitrogens is 8. The summed E-state index contributed by atoms with van der Waals surface area (Å²) in [7, 11) is 3.03. The maximum Gasteiger partial charge on any atom is 0.284 e. The highest BCUT2D eigenvalue weighted by atomic mass is 35.5. The fraction of sp³-hybridized carbons (Fsp3) is 0.263. The number of hydrogen-bond acceptors (Lipinski definition) is 13. The normalized spacial score (nSPS) is 10.2. The van der Waals surface area contributed by atoms with Crippen molar-refractivity contribution < 1.29 is 19.1 Å². The van der Waals surface area contributed by atoms with Crippen molar-refractivity contribution in [3.05, 3.63) is 109 Å². The van der Waals surface area contributed by atoms with Crippen molar-refractivity contribution in [3.8, 4) is 34.3 Å². The molecule has 4 heterocycles. The highest BCUT2D eigenvalue weighted by Gasteiger charge is 2.21. The molecule has 0 atom stereocenters. The van der Waals surface area contributed by atoms with Crippen LogP contribution in [0.15, 0.2) is 108 Å². The number of thioether (sulfide) groups is 2. The Labute approximate surface area is 329 Å². The molecule has 0 saturated carbocycles. The van der Waals surface area contributed by atoms with Crippen molar-refractivity contribution in [1.82, 2.24) is 44.8 Å². The van der Waals surface area contributed by atoms with Crippen LogP contribution in [-0.2, 0) is 0 Å². The Balaban J connectivity index is 0.000000214. The number of pyridine rings is 2. The second-order valence-corrected chi connectivity index (χ2v) is 12.5. The van der Waals surface area contributed by atoms with E-state index in [1.54, 1.807) is 73.3 Å². The first-order chi connectivity index (χ1) is 26.2. The molecule has 0 aliphatic rings. The number of carbonyl (C=O) groups excluding carboxylic acids is 2. The van der Waals surface area contributed by atoms with E-state index in [1.165, 1.54) is 62.1 Å². The number of methoxy groups -OCH3 is 2. The molecule has 0 amide bonds. The molecule has 284 valence electrons. The van der Waals surface area contributed by atoms with Crippen LogP contribution in [0.2, 0.25) is 0 Å². The fourth-order valence-corrected chi connectivity index (χ4v) is 5.51. The summed E-state index contributed by atoms with van der Waals surface area (Å²) in [5.41, 5.74) is 2.55. The van der Waals surface area contributed by atoms with Crippen molar-refractivity contribution in [3.63, 3.8) is 0 Å². The van der Waals surface area contributed by atoms with E-state index in [9.17, 15) is 9.59 Å². The summed E-state index contributed by atoms with van der Waals surface area (Å²) in [6, 6.07) is 21.3. The fourth-order valence-electron chi connectivity index (χ4n) is 4.56. The largest absolute Gasteiger partial charge is 0.496 e. The van der Waals surface area contributed by atoms with Gasteiger partial charge in [-0.05, 0) is 92.3 Å². The van der Waals surface area contributed by atoms with E-state index in [0.29, 0.717) is 33.6 Å². The highest BCUT2D eigenvalue weighted by molar-refractivity contribution is 7.98. The van der Waals surface area contributed by atoms with E-state index >= 15 is 0 Å². The van der Waals surface area contributed by atoms with Crippen LogP contribution in [0.4, 0.5) is 0 Å². The Morgan fingerprint density at radius 3 is 1.76 bits per heavy atom. The zero-order valence-corrected chi connectivity index (χ0v) is 33.7. The molecule has 4 aromatic heterocycles. The van der Waals surface area contributed by atoms with Crippen LogP contribution in [0.5, 0.6) is 11.5 Å². The number of halogens is 1. The molecule has 6 rings (SSSR count). The number of hydrogen-bond donors (Lipinski definition) is 1. The number of nitrogens with one attached hydrogen (secondary N) is 1. The average Bonchev–Trinajstić information content (AvgIpc) is 3.91. The van der Waals surface area contributed by atoms with E-state index < -0.39 is 5.24 Å². The molecule has 1 N–H and O–H groups in total. The molecule has 0 aliphatic heterocycles. The molecule has 6 aromatic rings. The smallest absolute Gasteiger partial charge is 0.284 e. The van der Waals surface area contributed by atoms with Gasteiger partial charge in [-0.25, -0.2) is 9.97 Å². The third-order valence-corrected chi connectivity index (χ3v) is 8.83. The Morgan fingerprint density at radius 2 is 1.31 bits per heavy atom. The number of rotatable bonds is 11. The first kappa shape index (κ1) is 43.3. The Morgan fingerprint density at radius 1 is 0.759 bits per heavy atom. The maximum absolute atomic E-state index is 12.8. The van der Waals surface area contributed by atoms with E-state index in [0.717, 1.165) is 22.1 Å². The van der Waals surface area contributed by atoms with Crippen LogP contribution in [0.1, 0.15) is 41.5 Å². The van der Waals surface area contributed by atoms with E-state index in [-0.39, 0.29) is 5.91 Å². The molecule has 0 aliphatic carbocycles. The third kappa shape index (κ3) is 12.8. The van der Waals surface area contributed by atoms with Crippen LogP contribution in [0.25, 0.3) is 22.8 Å². The Hall–Kier alpha value is -5.09. The molecule has 0 bridgehead atoms. The van der Waals surface area contributed by atoms with Gasteiger partial charge in [-0.3, -0.25) is 24.7 Å². The minimum absolute atomic E-state index is 0.283. The number of H-pyrrole nitrogens is 1. The zero-order valence-electron chi connectivity index (χ0n) is 31.3. The minimum Gasteiger partial charge on any atom is -0.496 e. The summed E-state index contributed by atoms with van der Waals surface area (Å²) < 4.78 is 11.5. The number of nitrogens with zero attached hydrogens (tertiary/aromatic N) is 8. The molecule has 0 spiro atoms. The van der Waals surface area contributed by atoms with Gasteiger partial charge in [-0.15, -0.1) is 10.2 Å². The van der Waals surface area contributed by atoms with Crippen molar-refractivity contribution in [2.75, 3.05) is 46.4 Å². The SMILES string of the molecule is CCN(CC)CC.COc1ccccc1C(=O)Cl.COc1ccccc1C(=O)n1nc(-c2cccnc2)nc1SC.CSc1n[nH]c(-c2cccnc2)n1. The van der Waals surface area contributed by atoms with Gasteiger partial charge in [0.15, 0.2) is 16.8 Å². The van der Waals surface area contributed by atoms with Gasteiger partial charge in [0.05, 0.1) is 25.3 Å². The molecule has 16 heteroatoms. The first-order valence-electron chi connectivity index (χ1n) is 16.8. The molecular formula is C38H44ClN9O4S2. The Kier molecular flexibility index (Phi) is 18.9. The first-order valence-corrected chi connectivity index (χ1v) is 19.6. The molecule has 2 aromatic carbocycles. The minimum atomic E-state index is -0.498. The lowest BCUT2D eigenvalue weighted by Crippen LogP contribution is -2.21. The lowest BCUT2D eigenvalue weighted by molar-refractivity contribution is 0.0930. The van der Waals surface area contributed by atoms with Crippen LogP contribution >= 0.6 is 35.1 Å². The van der Waals surface area contributed by atoms with E-state index in [2.05, 4.69) is 60.9 Å². The summed E-state index contributed by atoms with van der Waals surface area (Å²) in [4.78, 5) is 42.6. The summed E-state index contributed by atoms with van der Waals surface area (Å²) in [6.07, 6.45) is 10.6. The quantitative estimate of drug-likeness (QED) is 0.101. The van der Waals surface area contributed by atoms with Gasteiger partial charge in [0, 0.05) is 35.9 Å². The van der Waals surface area contributed by atoms with Gasteiger partial charge in [0.1, 0.15) is 11.5 Å². The van der Waals surface area contributed by atoms with Crippen LogP contribution in [0.3, 0.4) is 0 Å². The molecule has 0 radical (unpaired) electrons. The predicted molar refractivity (Wildman–Crippen MR) is 216 cm³/mol. The monoisotopic (exact) mass is 789 g/mol. The second-order valence-electron chi connectivity index (χ2n) is 10.6. The van der Waals surface area contributed by atoms with E-state index in [4.69, 9.17) is 21.1 Å². The molecule has 54 heavy (non-hydrogen) atoms. The average molecular weight is 790 g/mol. The third-order valence-electron chi connectivity index (χ3n) is 7.45. The van der Waals surface area contributed by atoms with Crippen molar-refractivity contribution in [1.29, 1.82) is 0 Å². The topological polar surface area (TPSA) is 154 Å². The maximum atomic E-state index is 12.8. The number of carbonyl (C=O) groups is 2. The summed E-state index contributed by atoms with van der Waals surface area (Å²) >= 11 is 8.13. The summed E-state index contributed by atoms with van der Waals surface area (Å²) in [5.74, 6) is 1.95. The second kappa shape index (κ2) is 23.5. The van der Waals surface area contributed by atoms with Crippen molar-refractivity contribution in [2.24, 2.45) is 0 Å². The van der Waals surface area contributed by atoms with E-state index in [1.807, 2.05) is 36.8 Å². The lowest BCUT2D eigenvalue weighted by atomic mass is 10.2. The van der Waals surface area contributed by atoms with Gasteiger partial charge in [0.25, 0.3) is 11.1 Å². The van der Waals surface area contributed by atoms with Crippen molar-refractivity contribution in [2.45, 2.75) is 31.1 Å². The van der Waals surface area contributed by atoms with Gasteiger partial charge in [0.2, 0.25) is 5.16 Å². The lowest BCUT2D eigenvalue weighted by Gasteiger charge is -2.13. The number of ether oxygens (including phenoxy) is 2. The number of para-hydroxylation sites is 2. The van der Waals surface area contributed by atoms with Gasteiger partial charge in [-0.1, -0.05) is 68.6 Å². The van der Waals surface area contributed by atoms with Crippen LogP contribution in [-0.4, -0.2) is 102 Å². The molecular weight excluding hydrogens is 746 g/mol. The number of aromatic amines is 1. The molecule has 0 fully saturated rings.